The molecule has 1 aromatic carbocycles. The average Bonchev–Trinajstić information content (AvgIpc) is 2.59. The Hall–Kier alpha value is -2.60. The number of carbonyl (C=O) groups is 2. The summed E-state index contributed by atoms with van der Waals surface area (Å²) in [5.41, 5.74) is 12.0. The van der Waals surface area contributed by atoms with Crippen LogP contribution in [0.4, 0.5) is 11.4 Å². The van der Waals surface area contributed by atoms with Crippen LogP contribution in [0.25, 0.3) is 0 Å². The zero-order chi connectivity index (χ0) is 19.6. The van der Waals surface area contributed by atoms with Gasteiger partial charge in [0.15, 0.2) is 0 Å². The van der Waals surface area contributed by atoms with E-state index in [2.05, 4.69) is 10.6 Å². The first-order chi connectivity index (χ1) is 12.2. The predicted molar refractivity (Wildman–Crippen MR) is 104 cm³/mol. The van der Waals surface area contributed by atoms with Crippen LogP contribution in [0.3, 0.4) is 0 Å². The molecular weight excluding hydrogens is 330 g/mol. The van der Waals surface area contributed by atoms with E-state index < -0.39 is 0 Å². The van der Waals surface area contributed by atoms with Gasteiger partial charge in [0.1, 0.15) is 0 Å². The highest BCUT2D eigenvalue weighted by Crippen LogP contribution is 2.33. The lowest BCUT2D eigenvalue weighted by Gasteiger charge is -2.22. The molecule has 1 aliphatic carbocycles. The lowest BCUT2D eigenvalue weighted by atomic mass is 9.95. The predicted octanol–water partition coefficient (Wildman–Crippen LogP) is 2.19. The van der Waals surface area contributed by atoms with Crippen LogP contribution in [0.1, 0.15) is 35.6 Å². The van der Waals surface area contributed by atoms with Crippen molar-refractivity contribution in [3.8, 4) is 0 Å². The molecule has 1 aromatic rings. The van der Waals surface area contributed by atoms with Crippen molar-refractivity contribution in [2.45, 2.75) is 47.1 Å². The SMILES string of the molecule is Cc1c(C)c(NC2=CC(=O)C(NC(C)CCO)=CC2=O)c(C)c(C)c1N. The van der Waals surface area contributed by atoms with Gasteiger partial charge in [-0.25, -0.2) is 0 Å². The first-order valence-corrected chi connectivity index (χ1v) is 8.69. The maximum Gasteiger partial charge on any atom is 0.204 e. The van der Waals surface area contributed by atoms with Gasteiger partial charge in [-0.15, -0.1) is 0 Å². The molecule has 0 bridgehead atoms. The number of anilines is 2. The Labute approximate surface area is 154 Å². The molecule has 0 saturated heterocycles. The molecule has 0 saturated carbocycles. The number of hydrogen-bond acceptors (Lipinski definition) is 6. The number of rotatable bonds is 6. The topological polar surface area (TPSA) is 104 Å². The smallest absolute Gasteiger partial charge is 0.204 e. The highest BCUT2D eigenvalue weighted by atomic mass is 16.3. The number of hydrogen-bond donors (Lipinski definition) is 4. The average molecular weight is 357 g/mol. The second kappa shape index (κ2) is 7.74. The molecule has 0 amide bonds. The summed E-state index contributed by atoms with van der Waals surface area (Å²) in [6.45, 7) is 9.62. The van der Waals surface area contributed by atoms with E-state index in [0.717, 1.165) is 33.6 Å². The van der Waals surface area contributed by atoms with Gasteiger partial charge in [-0.1, -0.05) is 0 Å². The summed E-state index contributed by atoms with van der Waals surface area (Å²) in [7, 11) is 0. The van der Waals surface area contributed by atoms with Gasteiger partial charge in [-0.2, -0.15) is 0 Å². The summed E-state index contributed by atoms with van der Waals surface area (Å²) in [6, 6.07) is -0.0993. The summed E-state index contributed by atoms with van der Waals surface area (Å²) in [6.07, 6.45) is 3.12. The summed E-state index contributed by atoms with van der Waals surface area (Å²) < 4.78 is 0. The second-order valence-corrected chi connectivity index (χ2v) is 6.82. The molecule has 1 aliphatic rings. The Kier molecular flexibility index (Phi) is 5.87. The van der Waals surface area contributed by atoms with E-state index in [0.29, 0.717) is 6.42 Å². The lowest BCUT2D eigenvalue weighted by molar-refractivity contribution is -0.115. The molecule has 0 aromatic heterocycles. The molecule has 0 aliphatic heterocycles. The summed E-state index contributed by atoms with van der Waals surface area (Å²) >= 11 is 0. The quantitative estimate of drug-likeness (QED) is 0.460. The van der Waals surface area contributed by atoms with Gasteiger partial charge >= 0.3 is 0 Å². The molecule has 0 spiro atoms. The van der Waals surface area contributed by atoms with Crippen LogP contribution in [0, 0.1) is 27.7 Å². The second-order valence-electron chi connectivity index (χ2n) is 6.82. The van der Waals surface area contributed by atoms with Crippen LogP contribution in [0.2, 0.25) is 0 Å². The van der Waals surface area contributed by atoms with Crippen LogP contribution in [0.15, 0.2) is 23.5 Å². The number of benzene rings is 1. The van der Waals surface area contributed by atoms with Gasteiger partial charge in [0.2, 0.25) is 11.6 Å². The van der Waals surface area contributed by atoms with Crippen molar-refractivity contribution in [1.29, 1.82) is 0 Å². The first-order valence-electron chi connectivity index (χ1n) is 8.69. The Bertz CT molecular complexity index is 793. The number of ketones is 2. The van der Waals surface area contributed by atoms with E-state index in [1.54, 1.807) is 0 Å². The summed E-state index contributed by atoms with van der Waals surface area (Å²) in [4.78, 5) is 24.8. The van der Waals surface area contributed by atoms with Gasteiger partial charge < -0.3 is 21.5 Å². The normalized spacial score (nSPS) is 15.5. The minimum Gasteiger partial charge on any atom is -0.398 e. The van der Waals surface area contributed by atoms with Crippen molar-refractivity contribution in [2.75, 3.05) is 17.7 Å². The van der Waals surface area contributed by atoms with E-state index in [4.69, 9.17) is 10.8 Å². The highest BCUT2D eigenvalue weighted by Gasteiger charge is 2.23. The zero-order valence-corrected chi connectivity index (χ0v) is 16.0. The molecule has 1 unspecified atom stereocenters. The number of carbonyl (C=O) groups excluding carboxylic acids is 2. The fourth-order valence-electron chi connectivity index (χ4n) is 2.97. The van der Waals surface area contributed by atoms with Crippen molar-refractivity contribution in [3.63, 3.8) is 0 Å². The molecule has 26 heavy (non-hydrogen) atoms. The maximum atomic E-state index is 12.5. The molecular formula is C20H27N3O3. The molecule has 5 N–H and O–H groups in total. The van der Waals surface area contributed by atoms with Crippen LogP contribution >= 0.6 is 0 Å². The number of nitrogens with two attached hydrogens (primary N) is 1. The van der Waals surface area contributed by atoms with E-state index in [1.165, 1.54) is 12.2 Å². The number of nitrogens with one attached hydrogen (secondary N) is 2. The molecule has 2 rings (SSSR count). The molecule has 6 heteroatoms. The third-order valence-electron chi connectivity index (χ3n) is 4.99. The van der Waals surface area contributed by atoms with Gasteiger partial charge in [0.05, 0.1) is 11.4 Å². The van der Waals surface area contributed by atoms with Crippen LogP contribution in [0.5, 0.6) is 0 Å². The van der Waals surface area contributed by atoms with E-state index in [9.17, 15) is 9.59 Å². The molecule has 140 valence electrons. The molecule has 0 heterocycles. The van der Waals surface area contributed by atoms with E-state index in [-0.39, 0.29) is 35.6 Å². The highest BCUT2D eigenvalue weighted by molar-refractivity contribution is 6.20. The third-order valence-corrected chi connectivity index (χ3v) is 4.99. The Balaban J connectivity index is 2.28. The van der Waals surface area contributed by atoms with Crippen molar-refractivity contribution in [3.05, 3.63) is 45.8 Å². The first kappa shape index (κ1) is 19.7. The summed E-state index contributed by atoms with van der Waals surface area (Å²) in [5.74, 6) is -0.537. The van der Waals surface area contributed by atoms with Crippen molar-refractivity contribution < 1.29 is 14.7 Å². The Morgan fingerprint density at radius 3 is 2.00 bits per heavy atom. The number of allylic oxidation sites excluding steroid dienone is 2. The fourth-order valence-corrected chi connectivity index (χ4v) is 2.97. The Morgan fingerprint density at radius 2 is 1.46 bits per heavy atom. The number of nitrogen functional groups attached to an aromatic ring is 1. The van der Waals surface area contributed by atoms with Gasteiger partial charge in [0, 0.05) is 36.2 Å². The maximum absolute atomic E-state index is 12.5. The van der Waals surface area contributed by atoms with E-state index >= 15 is 0 Å². The van der Waals surface area contributed by atoms with Crippen molar-refractivity contribution in [1.82, 2.24) is 5.32 Å². The number of aliphatic hydroxyl groups excluding tert-OH is 1. The largest absolute Gasteiger partial charge is 0.398 e. The van der Waals surface area contributed by atoms with Gasteiger partial charge in [-0.3, -0.25) is 9.59 Å². The van der Waals surface area contributed by atoms with Gasteiger partial charge in [-0.05, 0) is 63.3 Å². The summed E-state index contributed by atoms with van der Waals surface area (Å²) in [5, 5.41) is 15.1. The molecule has 6 nitrogen and oxygen atoms in total. The zero-order valence-electron chi connectivity index (χ0n) is 16.0. The standard InChI is InChI=1S/C20H27N3O3/c1-10(6-7-24)22-15-8-18(26)16(9-17(15)25)23-20-13(4)11(2)19(21)12(3)14(20)5/h8-10,22-24H,6-7,21H2,1-5H3. The van der Waals surface area contributed by atoms with E-state index in [1.807, 2.05) is 34.6 Å². The van der Waals surface area contributed by atoms with Crippen molar-refractivity contribution in [2.24, 2.45) is 0 Å². The lowest BCUT2D eigenvalue weighted by Crippen LogP contribution is -2.33. The third kappa shape index (κ3) is 3.80. The molecule has 0 fully saturated rings. The van der Waals surface area contributed by atoms with Crippen LogP contribution in [-0.2, 0) is 9.59 Å². The molecule has 0 radical (unpaired) electrons. The number of aliphatic hydroxyl groups is 1. The molecule has 1 atom stereocenters. The monoisotopic (exact) mass is 357 g/mol. The van der Waals surface area contributed by atoms with Crippen molar-refractivity contribution >= 4 is 22.9 Å². The van der Waals surface area contributed by atoms with Gasteiger partial charge in [0.25, 0.3) is 0 Å². The van der Waals surface area contributed by atoms with Crippen LogP contribution < -0.4 is 16.4 Å². The van der Waals surface area contributed by atoms with Crippen LogP contribution in [-0.4, -0.2) is 29.3 Å². The Morgan fingerprint density at radius 1 is 0.962 bits per heavy atom. The minimum atomic E-state index is -0.269. The fraction of sp³-hybridized carbons (Fsp3) is 0.400. The minimum absolute atomic E-state index is 0.0145.